The summed E-state index contributed by atoms with van der Waals surface area (Å²) in [6.07, 6.45) is 0.787. The summed E-state index contributed by atoms with van der Waals surface area (Å²) < 4.78 is 0. The highest BCUT2D eigenvalue weighted by molar-refractivity contribution is 5.75. The van der Waals surface area contributed by atoms with Crippen molar-refractivity contribution in [2.45, 2.75) is 13.3 Å². The number of hydrogen-bond acceptors (Lipinski definition) is 3. The van der Waals surface area contributed by atoms with Crippen LogP contribution >= 0.6 is 0 Å². The summed E-state index contributed by atoms with van der Waals surface area (Å²) in [4.78, 5) is 27.2. The van der Waals surface area contributed by atoms with Gasteiger partial charge in [-0.3, -0.25) is 4.79 Å². The molecular formula is C13H17N3O3. The van der Waals surface area contributed by atoms with E-state index in [2.05, 4.69) is 15.3 Å². The van der Waals surface area contributed by atoms with Gasteiger partial charge in [0.1, 0.15) is 0 Å². The predicted octanol–water partition coefficient (Wildman–Crippen LogP) is 0.709. The molecule has 4 N–H and O–H groups in total. The molecule has 2 rings (SSSR count). The Morgan fingerprint density at radius 1 is 1.37 bits per heavy atom. The monoisotopic (exact) mass is 263 g/mol. The lowest BCUT2D eigenvalue weighted by Crippen LogP contribution is -2.27. The largest absolute Gasteiger partial charge is 0.481 e. The Labute approximate surface area is 109 Å². The van der Waals surface area contributed by atoms with Gasteiger partial charge in [0, 0.05) is 6.54 Å². The number of aromatic nitrogens is 2. The van der Waals surface area contributed by atoms with Crippen molar-refractivity contribution < 1.29 is 9.90 Å². The van der Waals surface area contributed by atoms with E-state index in [1.54, 1.807) is 6.92 Å². The van der Waals surface area contributed by atoms with E-state index in [-0.39, 0.29) is 11.6 Å². The van der Waals surface area contributed by atoms with Crippen molar-refractivity contribution in [2.24, 2.45) is 5.92 Å². The van der Waals surface area contributed by atoms with Crippen molar-refractivity contribution in [3.63, 3.8) is 0 Å². The Morgan fingerprint density at radius 3 is 2.84 bits per heavy atom. The minimum Gasteiger partial charge on any atom is -0.481 e. The van der Waals surface area contributed by atoms with Gasteiger partial charge in [0.15, 0.2) is 0 Å². The second kappa shape index (κ2) is 5.71. The van der Waals surface area contributed by atoms with E-state index in [0.29, 0.717) is 13.1 Å². The van der Waals surface area contributed by atoms with Crippen LogP contribution in [0.25, 0.3) is 11.0 Å². The van der Waals surface area contributed by atoms with Crippen LogP contribution in [0.5, 0.6) is 0 Å². The van der Waals surface area contributed by atoms with Crippen LogP contribution < -0.4 is 11.0 Å². The molecule has 0 saturated heterocycles. The highest BCUT2D eigenvalue weighted by atomic mass is 16.4. The van der Waals surface area contributed by atoms with E-state index in [0.717, 1.165) is 23.0 Å². The zero-order valence-electron chi connectivity index (χ0n) is 10.7. The molecule has 1 atom stereocenters. The lowest BCUT2D eigenvalue weighted by molar-refractivity contribution is -0.140. The number of H-pyrrole nitrogens is 2. The fourth-order valence-electron chi connectivity index (χ4n) is 1.87. The molecule has 1 heterocycles. The molecule has 0 fully saturated rings. The number of benzene rings is 1. The first-order valence-corrected chi connectivity index (χ1v) is 6.20. The number of rotatable bonds is 6. The number of imidazole rings is 1. The molecule has 0 spiro atoms. The molecule has 0 aliphatic rings. The van der Waals surface area contributed by atoms with Crippen LogP contribution in [-0.4, -0.2) is 34.1 Å². The van der Waals surface area contributed by atoms with Gasteiger partial charge in [-0.2, -0.15) is 0 Å². The molecule has 102 valence electrons. The Hall–Kier alpha value is -2.08. The number of hydrogen-bond donors (Lipinski definition) is 4. The first kappa shape index (κ1) is 13.4. The first-order chi connectivity index (χ1) is 9.06. The van der Waals surface area contributed by atoms with Crippen molar-refractivity contribution in [3.05, 3.63) is 34.2 Å². The summed E-state index contributed by atoms with van der Waals surface area (Å²) in [5.41, 5.74) is 2.47. The Kier molecular flexibility index (Phi) is 4.01. The van der Waals surface area contributed by atoms with Gasteiger partial charge in [-0.05, 0) is 30.7 Å². The van der Waals surface area contributed by atoms with Gasteiger partial charge in [0.2, 0.25) is 0 Å². The molecule has 0 radical (unpaired) electrons. The summed E-state index contributed by atoms with van der Waals surface area (Å²) in [5.74, 6) is -1.18. The van der Waals surface area contributed by atoms with Crippen molar-refractivity contribution in [1.29, 1.82) is 0 Å². The van der Waals surface area contributed by atoms with Crippen molar-refractivity contribution >= 4 is 17.0 Å². The zero-order chi connectivity index (χ0) is 13.8. The quantitative estimate of drug-likeness (QED) is 0.577. The maximum atomic E-state index is 11.1. The van der Waals surface area contributed by atoms with Crippen LogP contribution in [0.4, 0.5) is 0 Å². The van der Waals surface area contributed by atoms with Crippen molar-refractivity contribution in [1.82, 2.24) is 15.3 Å². The number of carboxylic acid groups (broad SMARTS) is 1. The summed E-state index contributed by atoms with van der Waals surface area (Å²) in [7, 11) is 0. The lowest BCUT2D eigenvalue weighted by atomic mass is 10.1. The summed E-state index contributed by atoms with van der Waals surface area (Å²) >= 11 is 0. The van der Waals surface area contributed by atoms with Gasteiger partial charge < -0.3 is 20.4 Å². The number of carbonyl (C=O) groups is 1. The van der Waals surface area contributed by atoms with E-state index in [1.807, 2.05) is 18.2 Å². The SMILES string of the molecule is CC(CNCCc1ccc2[nH]c(=O)[nH]c2c1)C(=O)O. The normalized spacial score (nSPS) is 12.7. The summed E-state index contributed by atoms with van der Waals surface area (Å²) in [6, 6.07) is 5.74. The highest BCUT2D eigenvalue weighted by Gasteiger charge is 2.09. The second-order valence-corrected chi connectivity index (χ2v) is 4.65. The van der Waals surface area contributed by atoms with Gasteiger partial charge in [0.05, 0.1) is 17.0 Å². The van der Waals surface area contributed by atoms with Crippen LogP contribution in [0.15, 0.2) is 23.0 Å². The van der Waals surface area contributed by atoms with Crippen LogP contribution in [0.2, 0.25) is 0 Å². The van der Waals surface area contributed by atoms with Crippen molar-refractivity contribution in [2.75, 3.05) is 13.1 Å². The third-order valence-electron chi connectivity index (χ3n) is 3.04. The van der Waals surface area contributed by atoms with Crippen LogP contribution in [0, 0.1) is 5.92 Å². The molecule has 0 aliphatic heterocycles. The number of carboxylic acids is 1. The van der Waals surface area contributed by atoms with Gasteiger partial charge in [0.25, 0.3) is 0 Å². The average molecular weight is 263 g/mol. The molecule has 6 heteroatoms. The molecule has 0 aliphatic carbocycles. The van der Waals surface area contributed by atoms with Gasteiger partial charge >= 0.3 is 11.7 Å². The molecule has 19 heavy (non-hydrogen) atoms. The summed E-state index contributed by atoms with van der Waals surface area (Å²) in [6.45, 7) is 2.84. The standard InChI is InChI=1S/C13H17N3O3/c1-8(12(17)18)7-14-5-4-9-2-3-10-11(6-9)16-13(19)15-10/h2-3,6,8,14H,4-5,7H2,1H3,(H,17,18)(H2,15,16,19). The van der Waals surface area contributed by atoms with E-state index < -0.39 is 5.97 Å². The lowest BCUT2D eigenvalue weighted by Gasteiger charge is -2.08. The van der Waals surface area contributed by atoms with E-state index in [4.69, 9.17) is 5.11 Å². The minimum atomic E-state index is -0.793. The smallest absolute Gasteiger partial charge is 0.323 e. The second-order valence-electron chi connectivity index (χ2n) is 4.65. The Balaban J connectivity index is 1.88. The predicted molar refractivity (Wildman–Crippen MR) is 72.3 cm³/mol. The van der Waals surface area contributed by atoms with Gasteiger partial charge in [-0.25, -0.2) is 4.79 Å². The Morgan fingerprint density at radius 2 is 2.11 bits per heavy atom. The molecule has 1 aromatic carbocycles. The average Bonchev–Trinajstić information content (AvgIpc) is 2.73. The van der Waals surface area contributed by atoms with E-state index >= 15 is 0 Å². The van der Waals surface area contributed by atoms with Crippen LogP contribution in [0.1, 0.15) is 12.5 Å². The van der Waals surface area contributed by atoms with E-state index in [1.165, 1.54) is 0 Å². The van der Waals surface area contributed by atoms with Crippen molar-refractivity contribution in [3.8, 4) is 0 Å². The van der Waals surface area contributed by atoms with Crippen LogP contribution in [-0.2, 0) is 11.2 Å². The maximum absolute atomic E-state index is 11.1. The highest BCUT2D eigenvalue weighted by Crippen LogP contribution is 2.10. The zero-order valence-corrected chi connectivity index (χ0v) is 10.7. The number of aliphatic carboxylic acids is 1. The fourth-order valence-corrected chi connectivity index (χ4v) is 1.87. The third-order valence-corrected chi connectivity index (χ3v) is 3.04. The molecule has 0 saturated carbocycles. The fraction of sp³-hybridized carbons (Fsp3) is 0.385. The molecule has 2 aromatic rings. The number of aromatic amines is 2. The van der Waals surface area contributed by atoms with E-state index in [9.17, 15) is 9.59 Å². The molecular weight excluding hydrogens is 246 g/mol. The molecule has 1 unspecified atom stereocenters. The molecule has 0 amide bonds. The molecule has 0 bridgehead atoms. The summed E-state index contributed by atoms with van der Waals surface area (Å²) in [5, 5.41) is 11.8. The first-order valence-electron chi connectivity index (χ1n) is 6.20. The Bertz CT molecular complexity index is 629. The third kappa shape index (κ3) is 3.45. The maximum Gasteiger partial charge on any atom is 0.323 e. The minimum absolute atomic E-state index is 0.208. The molecule has 1 aromatic heterocycles. The number of nitrogens with one attached hydrogen (secondary N) is 3. The topological polar surface area (TPSA) is 98.0 Å². The number of fused-ring (bicyclic) bond motifs is 1. The molecule has 6 nitrogen and oxygen atoms in total. The van der Waals surface area contributed by atoms with Crippen LogP contribution in [0.3, 0.4) is 0 Å². The van der Waals surface area contributed by atoms with Gasteiger partial charge in [-0.1, -0.05) is 13.0 Å². The van der Waals surface area contributed by atoms with Gasteiger partial charge in [-0.15, -0.1) is 0 Å².